The van der Waals surface area contributed by atoms with Gasteiger partial charge in [-0.2, -0.15) is 0 Å². The van der Waals surface area contributed by atoms with Gasteiger partial charge >= 0.3 is 0 Å². The lowest BCUT2D eigenvalue weighted by Crippen LogP contribution is -2.51. The smallest absolute Gasteiger partial charge is 0.257 e. The monoisotopic (exact) mass is 481 g/mol. The van der Waals surface area contributed by atoms with Crippen molar-refractivity contribution in [2.45, 2.75) is 45.3 Å². The molecule has 9 nitrogen and oxygen atoms in total. The van der Waals surface area contributed by atoms with E-state index in [0.717, 1.165) is 25.5 Å². The van der Waals surface area contributed by atoms with E-state index in [0.29, 0.717) is 24.3 Å². The minimum absolute atomic E-state index is 0.0111. The highest BCUT2D eigenvalue weighted by Gasteiger charge is 2.35. The molecule has 1 saturated carbocycles. The van der Waals surface area contributed by atoms with Crippen molar-refractivity contribution in [1.82, 2.24) is 9.80 Å². The average Bonchev–Trinajstić information content (AvgIpc) is 2.70. The van der Waals surface area contributed by atoms with Crippen LogP contribution in [0.25, 0.3) is 0 Å². The number of anilines is 1. The van der Waals surface area contributed by atoms with Gasteiger partial charge in [0.15, 0.2) is 0 Å². The molecule has 2 amide bonds. The van der Waals surface area contributed by atoms with Crippen LogP contribution in [-0.2, 0) is 19.6 Å². The van der Waals surface area contributed by atoms with E-state index >= 15 is 0 Å². The molecule has 3 rings (SSSR count). The van der Waals surface area contributed by atoms with E-state index in [4.69, 9.17) is 9.47 Å². The number of ether oxygens (including phenoxy) is 2. The van der Waals surface area contributed by atoms with Gasteiger partial charge in [0.25, 0.3) is 5.91 Å². The first kappa shape index (κ1) is 25.3. The summed E-state index contributed by atoms with van der Waals surface area (Å²) in [6, 6.07) is 4.37. The SMILES string of the molecule is CO[C@H]1CN(C)C(=O)c2ccc(NS(C)(=O)=O)cc2OC[C@H](C)N(C(=O)C2CCC2)C[C@@H]1C. The molecule has 0 bridgehead atoms. The second-order valence-electron chi connectivity index (χ2n) is 9.30. The van der Waals surface area contributed by atoms with Crippen LogP contribution < -0.4 is 9.46 Å². The van der Waals surface area contributed by atoms with Crippen molar-refractivity contribution in [3.05, 3.63) is 23.8 Å². The number of benzene rings is 1. The number of nitrogens with one attached hydrogen (secondary N) is 1. The predicted molar refractivity (Wildman–Crippen MR) is 126 cm³/mol. The van der Waals surface area contributed by atoms with Crippen molar-refractivity contribution < 1.29 is 27.5 Å². The summed E-state index contributed by atoms with van der Waals surface area (Å²) in [6.45, 7) is 4.99. The molecule has 0 saturated heterocycles. The van der Waals surface area contributed by atoms with E-state index in [1.165, 1.54) is 12.1 Å². The quantitative estimate of drug-likeness (QED) is 0.707. The molecule has 0 aromatic heterocycles. The number of rotatable bonds is 4. The molecule has 1 aliphatic heterocycles. The fourth-order valence-corrected chi connectivity index (χ4v) is 4.80. The highest BCUT2D eigenvalue weighted by Crippen LogP contribution is 2.31. The number of fused-ring (bicyclic) bond motifs is 1. The zero-order valence-electron chi connectivity index (χ0n) is 20.0. The second-order valence-corrected chi connectivity index (χ2v) is 11.0. The molecule has 1 heterocycles. The minimum Gasteiger partial charge on any atom is -0.491 e. The summed E-state index contributed by atoms with van der Waals surface area (Å²) < 4.78 is 37.5. The minimum atomic E-state index is -3.49. The Kier molecular flexibility index (Phi) is 7.89. The molecule has 0 radical (unpaired) electrons. The molecule has 184 valence electrons. The first-order valence-corrected chi connectivity index (χ1v) is 13.2. The molecule has 1 N–H and O–H groups in total. The number of sulfonamides is 1. The topological polar surface area (TPSA) is 105 Å². The summed E-state index contributed by atoms with van der Waals surface area (Å²) in [7, 11) is -0.180. The number of nitrogens with zero attached hydrogens (tertiary/aromatic N) is 2. The molecule has 1 aromatic rings. The molecule has 1 aromatic carbocycles. The van der Waals surface area contributed by atoms with Gasteiger partial charge in [0.05, 0.1) is 29.7 Å². The van der Waals surface area contributed by atoms with Crippen molar-refractivity contribution in [3.63, 3.8) is 0 Å². The summed E-state index contributed by atoms with van der Waals surface area (Å²) in [4.78, 5) is 29.9. The molecule has 1 aliphatic carbocycles. The molecule has 3 atom stereocenters. The van der Waals surface area contributed by atoms with Crippen molar-refractivity contribution in [2.24, 2.45) is 11.8 Å². The zero-order valence-corrected chi connectivity index (χ0v) is 20.9. The average molecular weight is 482 g/mol. The largest absolute Gasteiger partial charge is 0.491 e. The van der Waals surface area contributed by atoms with Gasteiger partial charge in [-0.1, -0.05) is 13.3 Å². The lowest BCUT2D eigenvalue weighted by molar-refractivity contribution is -0.142. The first-order chi connectivity index (χ1) is 15.5. The van der Waals surface area contributed by atoms with Crippen LogP contribution in [0.3, 0.4) is 0 Å². The summed E-state index contributed by atoms with van der Waals surface area (Å²) >= 11 is 0. The van der Waals surface area contributed by atoms with Crippen molar-refractivity contribution in [3.8, 4) is 5.75 Å². The van der Waals surface area contributed by atoms with Crippen LogP contribution in [0.1, 0.15) is 43.5 Å². The maximum Gasteiger partial charge on any atom is 0.257 e. The van der Waals surface area contributed by atoms with E-state index in [1.807, 2.05) is 18.7 Å². The number of hydrogen-bond donors (Lipinski definition) is 1. The summed E-state index contributed by atoms with van der Waals surface area (Å²) in [6.07, 6.45) is 3.70. The van der Waals surface area contributed by atoms with E-state index in [9.17, 15) is 18.0 Å². The summed E-state index contributed by atoms with van der Waals surface area (Å²) in [5.74, 6) is 0.215. The third kappa shape index (κ3) is 6.17. The fraction of sp³-hybridized carbons (Fsp3) is 0.652. The third-order valence-electron chi connectivity index (χ3n) is 6.49. The van der Waals surface area contributed by atoms with Gasteiger partial charge in [0.1, 0.15) is 12.4 Å². The van der Waals surface area contributed by atoms with Crippen LogP contribution in [0.5, 0.6) is 5.75 Å². The third-order valence-corrected chi connectivity index (χ3v) is 7.09. The van der Waals surface area contributed by atoms with E-state index in [-0.39, 0.29) is 48.2 Å². The Balaban J connectivity index is 1.97. The number of amides is 2. The molecule has 0 unspecified atom stereocenters. The molecule has 0 spiro atoms. The molecular formula is C23H35N3O6S. The van der Waals surface area contributed by atoms with Crippen LogP contribution >= 0.6 is 0 Å². The van der Waals surface area contributed by atoms with E-state index < -0.39 is 10.0 Å². The van der Waals surface area contributed by atoms with Gasteiger partial charge in [-0.05, 0) is 31.9 Å². The number of methoxy groups -OCH3 is 1. The normalized spacial score (nSPS) is 25.2. The maximum absolute atomic E-state index is 13.2. The molecule has 1 fully saturated rings. The Morgan fingerprint density at radius 2 is 1.91 bits per heavy atom. The van der Waals surface area contributed by atoms with Gasteiger partial charge < -0.3 is 19.3 Å². The highest BCUT2D eigenvalue weighted by atomic mass is 32.2. The van der Waals surface area contributed by atoms with Crippen LogP contribution in [-0.4, -0.2) is 82.3 Å². The Morgan fingerprint density at radius 3 is 2.48 bits per heavy atom. The Bertz CT molecular complexity index is 978. The highest BCUT2D eigenvalue weighted by molar-refractivity contribution is 7.92. The summed E-state index contributed by atoms with van der Waals surface area (Å²) in [5, 5.41) is 0. The van der Waals surface area contributed by atoms with Gasteiger partial charge in [-0.15, -0.1) is 0 Å². The van der Waals surface area contributed by atoms with Crippen LogP contribution in [0.15, 0.2) is 18.2 Å². The molecular weight excluding hydrogens is 446 g/mol. The van der Waals surface area contributed by atoms with Gasteiger partial charge in [-0.3, -0.25) is 14.3 Å². The Morgan fingerprint density at radius 1 is 1.21 bits per heavy atom. The van der Waals surface area contributed by atoms with Crippen LogP contribution in [0, 0.1) is 11.8 Å². The lowest BCUT2D eigenvalue weighted by Gasteiger charge is -2.39. The number of likely N-dealkylation sites (N-methyl/N-ethyl adjacent to an activating group) is 1. The standard InChI is InChI=1S/C23H35N3O6S/c1-15-12-26(22(27)17-7-6-8-17)16(2)14-32-20-11-18(24-33(5,29)30)9-10-19(20)23(28)25(3)13-21(15)31-4/h9-11,15-17,21,24H,6-8,12-14H2,1-5H3/t15-,16-,21-/m0/s1. The lowest BCUT2D eigenvalue weighted by atomic mass is 9.83. The van der Waals surface area contributed by atoms with Crippen molar-refractivity contribution in [1.29, 1.82) is 0 Å². The first-order valence-electron chi connectivity index (χ1n) is 11.3. The van der Waals surface area contributed by atoms with Crippen LogP contribution in [0.2, 0.25) is 0 Å². The summed E-state index contributed by atoms with van der Waals surface area (Å²) in [5.41, 5.74) is 0.626. The second kappa shape index (κ2) is 10.3. The van der Waals surface area contributed by atoms with Gasteiger partial charge in [-0.25, -0.2) is 8.42 Å². The van der Waals surface area contributed by atoms with Gasteiger partial charge in [0, 0.05) is 45.1 Å². The number of hydrogen-bond acceptors (Lipinski definition) is 6. The van der Waals surface area contributed by atoms with E-state index in [1.54, 1.807) is 25.1 Å². The fourth-order valence-electron chi connectivity index (χ4n) is 4.25. The Labute approximate surface area is 196 Å². The molecule has 33 heavy (non-hydrogen) atoms. The van der Waals surface area contributed by atoms with E-state index in [2.05, 4.69) is 4.72 Å². The maximum atomic E-state index is 13.2. The van der Waals surface area contributed by atoms with Crippen molar-refractivity contribution >= 4 is 27.5 Å². The van der Waals surface area contributed by atoms with Gasteiger partial charge in [0.2, 0.25) is 15.9 Å². The number of carbonyl (C=O) groups excluding carboxylic acids is 2. The molecule has 10 heteroatoms. The van der Waals surface area contributed by atoms with Crippen LogP contribution in [0.4, 0.5) is 5.69 Å². The van der Waals surface area contributed by atoms with Crippen molar-refractivity contribution in [2.75, 3.05) is 44.8 Å². The molecule has 2 aliphatic rings. The zero-order chi connectivity index (χ0) is 24.3. The Hall–Kier alpha value is -2.33. The predicted octanol–water partition coefficient (Wildman–Crippen LogP) is 2.19. The number of carbonyl (C=O) groups is 2.